The third kappa shape index (κ3) is 6.92. The first-order valence-corrected chi connectivity index (χ1v) is 14.5. The monoisotopic (exact) mass is 587 g/mol. The van der Waals surface area contributed by atoms with Crippen LogP contribution in [-0.2, 0) is 26.1 Å². The molecule has 11 heteroatoms. The Kier molecular flexibility index (Phi) is 9.16. The number of unbranched alkanes of at least 4 members (excludes halogenated alkanes) is 1. The number of anilines is 1. The smallest absolute Gasteiger partial charge is 0.326 e. The molecule has 39 heavy (non-hydrogen) atoms. The zero-order valence-corrected chi connectivity index (χ0v) is 23.5. The summed E-state index contributed by atoms with van der Waals surface area (Å²) in [5.74, 6) is -0.696. The van der Waals surface area contributed by atoms with Gasteiger partial charge in [0.15, 0.2) is 0 Å². The number of hydrogen-bond acceptors (Lipinski definition) is 5. The van der Waals surface area contributed by atoms with Crippen molar-refractivity contribution < 1.29 is 22.7 Å². The topological polar surface area (TPSA) is 97.7 Å². The number of sulfonamides is 1. The first-order chi connectivity index (χ1) is 18.7. The fourth-order valence-electron chi connectivity index (χ4n) is 3.93. The SMILES string of the molecule is CCCCOC(=O)CN(c1ccc2c(ccn2C(=O)NCc2ccccc2)c1)S(=O)(=O)c1cc(Cl)cc(Cl)c1. The van der Waals surface area contributed by atoms with Gasteiger partial charge in [0.1, 0.15) is 6.54 Å². The largest absolute Gasteiger partial charge is 0.464 e. The van der Waals surface area contributed by atoms with Crippen molar-refractivity contribution in [2.45, 2.75) is 31.2 Å². The van der Waals surface area contributed by atoms with Crippen LogP contribution in [0.3, 0.4) is 0 Å². The molecule has 0 saturated heterocycles. The second-order valence-electron chi connectivity index (χ2n) is 8.76. The van der Waals surface area contributed by atoms with E-state index in [1.165, 1.54) is 28.8 Å². The lowest BCUT2D eigenvalue weighted by molar-refractivity contribution is -0.141. The predicted molar refractivity (Wildman–Crippen MR) is 153 cm³/mol. The minimum Gasteiger partial charge on any atom is -0.464 e. The number of benzene rings is 3. The van der Waals surface area contributed by atoms with Crippen LogP contribution >= 0.6 is 23.2 Å². The van der Waals surface area contributed by atoms with Crippen LogP contribution in [0.5, 0.6) is 0 Å². The van der Waals surface area contributed by atoms with Crippen LogP contribution < -0.4 is 9.62 Å². The lowest BCUT2D eigenvalue weighted by Gasteiger charge is -2.24. The molecule has 1 N–H and O–H groups in total. The van der Waals surface area contributed by atoms with E-state index in [0.717, 1.165) is 16.3 Å². The van der Waals surface area contributed by atoms with Gasteiger partial charge in [0.2, 0.25) is 0 Å². The van der Waals surface area contributed by atoms with Crippen molar-refractivity contribution in [1.29, 1.82) is 0 Å². The lowest BCUT2D eigenvalue weighted by atomic mass is 10.2. The highest BCUT2D eigenvalue weighted by atomic mass is 35.5. The fraction of sp³-hybridized carbons (Fsp3) is 0.214. The minimum absolute atomic E-state index is 0.139. The highest BCUT2D eigenvalue weighted by Gasteiger charge is 2.29. The van der Waals surface area contributed by atoms with Crippen LogP contribution in [0.4, 0.5) is 10.5 Å². The van der Waals surface area contributed by atoms with Gasteiger partial charge in [-0.15, -0.1) is 0 Å². The third-order valence-electron chi connectivity index (χ3n) is 5.92. The Hall–Kier alpha value is -3.53. The van der Waals surface area contributed by atoms with Crippen molar-refractivity contribution in [3.05, 3.63) is 94.6 Å². The number of hydrogen-bond donors (Lipinski definition) is 1. The van der Waals surface area contributed by atoms with Crippen LogP contribution in [0.1, 0.15) is 25.3 Å². The summed E-state index contributed by atoms with van der Waals surface area (Å²) in [7, 11) is -4.26. The molecular formula is C28H27Cl2N3O5S. The quantitative estimate of drug-likeness (QED) is 0.175. The van der Waals surface area contributed by atoms with Crippen LogP contribution in [0.2, 0.25) is 10.0 Å². The average molecular weight is 589 g/mol. The summed E-state index contributed by atoms with van der Waals surface area (Å²) < 4.78 is 35.0. The number of nitrogens with one attached hydrogen (secondary N) is 1. The molecule has 1 amide bonds. The summed E-state index contributed by atoms with van der Waals surface area (Å²) in [4.78, 5) is 25.3. The Morgan fingerprint density at radius 3 is 2.38 bits per heavy atom. The van der Waals surface area contributed by atoms with Gasteiger partial charge < -0.3 is 10.1 Å². The summed E-state index contributed by atoms with van der Waals surface area (Å²) in [5, 5.41) is 3.75. The van der Waals surface area contributed by atoms with Gasteiger partial charge in [0.25, 0.3) is 10.0 Å². The first kappa shape index (κ1) is 28.5. The molecule has 1 heterocycles. The molecule has 0 bridgehead atoms. The maximum absolute atomic E-state index is 13.7. The zero-order chi connectivity index (χ0) is 28.0. The van der Waals surface area contributed by atoms with Crippen LogP contribution in [0.25, 0.3) is 10.9 Å². The highest BCUT2D eigenvalue weighted by Crippen LogP contribution is 2.30. The molecule has 0 aliphatic heterocycles. The van der Waals surface area contributed by atoms with E-state index < -0.39 is 22.5 Å². The standard InChI is InChI=1S/C28H27Cl2N3O5S/c1-2-3-13-38-27(34)19-33(39(36,37)25-16-22(29)15-23(30)17-25)24-9-10-26-21(14-24)11-12-32(26)28(35)31-18-20-7-5-4-6-8-20/h4-12,14-17H,2-3,13,18-19H2,1H3,(H,31,35). The first-order valence-electron chi connectivity index (χ1n) is 12.3. The summed E-state index contributed by atoms with van der Waals surface area (Å²) in [5.41, 5.74) is 1.74. The molecule has 4 rings (SSSR count). The van der Waals surface area contributed by atoms with Gasteiger partial charge in [0.05, 0.1) is 22.7 Å². The van der Waals surface area contributed by atoms with Gasteiger partial charge in [-0.2, -0.15) is 0 Å². The predicted octanol–water partition coefficient (Wildman–Crippen LogP) is 6.24. The van der Waals surface area contributed by atoms with E-state index >= 15 is 0 Å². The van der Waals surface area contributed by atoms with Crippen molar-refractivity contribution in [2.75, 3.05) is 17.5 Å². The summed E-state index contributed by atoms with van der Waals surface area (Å²) in [6.45, 7) is 1.94. The van der Waals surface area contributed by atoms with Crippen LogP contribution in [0, 0.1) is 0 Å². The molecule has 4 aromatic rings. The van der Waals surface area contributed by atoms with E-state index in [2.05, 4.69) is 5.32 Å². The molecular weight excluding hydrogens is 561 g/mol. The Morgan fingerprint density at radius 1 is 0.974 bits per heavy atom. The van der Waals surface area contributed by atoms with E-state index in [4.69, 9.17) is 27.9 Å². The van der Waals surface area contributed by atoms with Crippen LogP contribution in [-0.4, -0.2) is 38.1 Å². The molecule has 0 unspecified atom stereocenters. The van der Waals surface area contributed by atoms with Gasteiger partial charge in [-0.1, -0.05) is 66.9 Å². The molecule has 0 aliphatic carbocycles. The number of nitrogens with zero attached hydrogens (tertiary/aromatic N) is 2. The summed E-state index contributed by atoms with van der Waals surface area (Å²) in [6, 6.07) is 19.6. The number of aromatic nitrogens is 1. The number of carbonyl (C=O) groups excluding carboxylic acids is 2. The lowest BCUT2D eigenvalue weighted by Crippen LogP contribution is -2.36. The fourth-order valence-corrected chi connectivity index (χ4v) is 6.06. The minimum atomic E-state index is -4.26. The third-order valence-corrected chi connectivity index (χ3v) is 8.11. The number of carbonyl (C=O) groups is 2. The normalized spacial score (nSPS) is 11.4. The van der Waals surface area contributed by atoms with Crippen molar-refractivity contribution in [3.63, 3.8) is 0 Å². The van der Waals surface area contributed by atoms with Gasteiger partial charge in [-0.25, -0.2) is 13.2 Å². The second-order valence-corrected chi connectivity index (χ2v) is 11.5. The van der Waals surface area contributed by atoms with E-state index in [1.54, 1.807) is 24.4 Å². The number of rotatable bonds is 10. The van der Waals surface area contributed by atoms with Crippen molar-refractivity contribution in [1.82, 2.24) is 9.88 Å². The highest BCUT2D eigenvalue weighted by molar-refractivity contribution is 7.92. The van der Waals surface area contributed by atoms with Gasteiger partial charge in [-0.3, -0.25) is 13.7 Å². The number of ether oxygens (including phenoxy) is 1. The molecule has 0 fully saturated rings. The maximum atomic E-state index is 13.7. The van der Waals surface area contributed by atoms with Crippen LogP contribution in [0.15, 0.2) is 83.9 Å². The van der Waals surface area contributed by atoms with E-state index in [-0.39, 0.29) is 33.3 Å². The van der Waals surface area contributed by atoms with E-state index in [9.17, 15) is 18.0 Å². The maximum Gasteiger partial charge on any atom is 0.326 e. The Balaban J connectivity index is 1.65. The van der Waals surface area contributed by atoms with Gasteiger partial charge >= 0.3 is 12.0 Å². The average Bonchev–Trinajstić information content (AvgIpc) is 3.34. The van der Waals surface area contributed by atoms with Crippen molar-refractivity contribution in [2.24, 2.45) is 0 Å². The Labute approximate surface area is 237 Å². The molecule has 0 aliphatic rings. The van der Waals surface area contributed by atoms with E-state index in [1.807, 2.05) is 37.3 Å². The molecule has 1 aromatic heterocycles. The summed E-state index contributed by atoms with van der Waals surface area (Å²) in [6.07, 6.45) is 3.08. The van der Waals surface area contributed by atoms with Gasteiger partial charge in [-0.05, 0) is 54.4 Å². The summed E-state index contributed by atoms with van der Waals surface area (Å²) >= 11 is 12.1. The number of halogens is 2. The van der Waals surface area contributed by atoms with Crippen molar-refractivity contribution in [3.8, 4) is 0 Å². The molecule has 0 saturated carbocycles. The van der Waals surface area contributed by atoms with Gasteiger partial charge in [0, 0.05) is 28.2 Å². The zero-order valence-electron chi connectivity index (χ0n) is 21.1. The van der Waals surface area contributed by atoms with E-state index in [0.29, 0.717) is 23.9 Å². The molecule has 8 nitrogen and oxygen atoms in total. The molecule has 3 aromatic carbocycles. The molecule has 204 valence electrons. The number of fused-ring (bicyclic) bond motifs is 1. The van der Waals surface area contributed by atoms with Crippen molar-refractivity contribution >= 4 is 61.8 Å². The number of amides is 1. The number of esters is 1. The Bertz CT molecular complexity index is 1570. The Morgan fingerprint density at radius 2 is 1.69 bits per heavy atom. The molecule has 0 radical (unpaired) electrons. The second kappa shape index (κ2) is 12.5. The molecule has 0 spiro atoms. The molecule has 0 atom stereocenters.